The molecule has 0 atom stereocenters. The maximum Gasteiger partial charge on any atom is 0.335 e. The molecule has 0 saturated heterocycles. The van der Waals surface area contributed by atoms with Crippen molar-refractivity contribution in [3.8, 4) is 29.6 Å². The largest absolute Gasteiger partial charge is 0.481 e. The molecule has 0 heterocycles. The van der Waals surface area contributed by atoms with E-state index in [1.54, 1.807) is 24.3 Å². The minimum Gasteiger partial charge on any atom is -0.481 e. The normalized spacial score (nSPS) is 9.70. The number of hydrogen-bond donors (Lipinski definition) is 2. The Hall–Kier alpha value is -3.46. The number of aromatic carboxylic acids is 2. The van der Waals surface area contributed by atoms with E-state index < -0.39 is 11.9 Å². The summed E-state index contributed by atoms with van der Waals surface area (Å²) in [5.41, 5.74) is -0.362. The van der Waals surface area contributed by atoms with Crippen LogP contribution in [0.3, 0.4) is 0 Å². The molecule has 2 N–H and O–H groups in total. The molecule has 2 rings (SSSR count). The Morgan fingerprint density at radius 2 is 1.57 bits per heavy atom. The molecule has 0 aliphatic heterocycles. The van der Waals surface area contributed by atoms with Crippen LogP contribution in [0.25, 0.3) is 0 Å². The second-order valence-corrected chi connectivity index (χ2v) is 4.43. The van der Waals surface area contributed by atoms with E-state index in [2.05, 4.69) is 5.92 Å². The summed E-state index contributed by atoms with van der Waals surface area (Å²) in [4.78, 5) is 22.1. The molecule has 6 heteroatoms. The van der Waals surface area contributed by atoms with Gasteiger partial charge in [0.15, 0.2) is 0 Å². The molecule has 2 aromatic carbocycles. The van der Waals surface area contributed by atoms with E-state index in [9.17, 15) is 9.59 Å². The Morgan fingerprint density at radius 1 is 0.957 bits per heavy atom. The fraction of sp³-hybridized carbons (Fsp3) is 0.0588. The fourth-order valence-electron chi connectivity index (χ4n) is 1.79. The molecule has 0 unspecified atom stereocenters. The lowest BCUT2D eigenvalue weighted by Crippen LogP contribution is -2.03. The van der Waals surface area contributed by atoms with Crippen molar-refractivity contribution < 1.29 is 29.3 Å². The average Bonchev–Trinajstić information content (AvgIpc) is 2.53. The Kier molecular flexibility index (Phi) is 4.85. The number of carbonyl (C=O) groups is 2. The van der Waals surface area contributed by atoms with Crippen LogP contribution in [0.15, 0.2) is 42.5 Å². The van der Waals surface area contributed by atoms with Gasteiger partial charge in [-0.2, -0.15) is 0 Å². The maximum absolute atomic E-state index is 11.1. The summed E-state index contributed by atoms with van der Waals surface area (Å²) in [6.07, 6.45) is 5.11. The summed E-state index contributed by atoms with van der Waals surface area (Å²) in [6.45, 7) is 0.0983. The first-order valence-electron chi connectivity index (χ1n) is 6.45. The standard InChI is InChI=1S/C17H12O6/c1-2-6-22-13-4-3-5-14(10-13)23-15-8-11(16(18)19)7-12(9-15)17(20)21/h1,3-5,7-10H,6H2,(H,18,19)(H,20,21). The number of terminal acetylenes is 1. The third kappa shape index (κ3) is 4.25. The van der Waals surface area contributed by atoms with Crippen molar-refractivity contribution >= 4 is 11.9 Å². The second-order valence-electron chi connectivity index (χ2n) is 4.43. The zero-order valence-electron chi connectivity index (χ0n) is 11.9. The smallest absolute Gasteiger partial charge is 0.335 e. The number of benzene rings is 2. The van der Waals surface area contributed by atoms with Gasteiger partial charge in [-0.15, -0.1) is 6.42 Å². The highest BCUT2D eigenvalue weighted by Gasteiger charge is 2.12. The molecule has 116 valence electrons. The highest BCUT2D eigenvalue weighted by Crippen LogP contribution is 2.27. The molecule has 0 bridgehead atoms. The van der Waals surface area contributed by atoms with Gasteiger partial charge in [-0.05, 0) is 30.3 Å². The quantitative estimate of drug-likeness (QED) is 0.797. The van der Waals surface area contributed by atoms with Crippen molar-refractivity contribution in [3.05, 3.63) is 53.6 Å². The third-order valence-electron chi connectivity index (χ3n) is 2.76. The van der Waals surface area contributed by atoms with Crippen molar-refractivity contribution in [3.63, 3.8) is 0 Å². The summed E-state index contributed by atoms with van der Waals surface area (Å²) in [5, 5.41) is 18.1. The van der Waals surface area contributed by atoms with Gasteiger partial charge in [-0.25, -0.2) is 9.59 Å². The van der Waals surface area contributed by atoms with E-state index in [1.165, 1.54) is 12.1 Å². The predicted molar refractivity (Wildman–Crippen MR) is 81.2 cm³/mol. The number of ether oxygens (including phenoxy) is 2. The summed E-state index contributed by atoms with van der Waals surface area (Å²) >= 11 is 0. The first-order chi connectivity index (χ1) is 11.0. The lowest BCUT2D eigenvalue weighted by molar-refractivity contribution is 0.0696. The van der Waals surface area contributed by atoms with Gasteiger partial charge in [0.1, 0.15) is 23.9 Å². The van der Waals surface area contributed by atoms with Gasteiger partial charge in [0.2, 0.25) is 0 Å². The molecule has 23 heavy (non-hydrogen) atoms. The summed E-state index contributed by atoms with van der Waals surface area (Å²) in [7, 11) is 0. The first kappa shape index (κ1) is 15.9. The van der Waals surface area contributed by atoms with Gasteiger partial charge in [0.25, 0.3) is 0 Å². The molecule has 0 radical (unpaired) electrons. The van der Waals surface area contributed by atoms with Crippen molar-refractivity contribution in [1.82, 2.24) is 0 Å². The van der Waals surface area contributed by atoms with Crippen molar-refractivity contribution in [2.75, 3.05) is 6.61 Å². The zero-order chi connectivity index (χ0) is 16.8. The average molecular weight is 312 g/mol. The minimum absolute atomic E-state index is 0.0939. The van der Waals surface area contributed by atoms with Crippen molar-refractivity contribution in [2.45, 2.75) is 0 Å². The highest BCUT2D eigenvalue weighted by molar-refractivity contribution is 5.94. The number of hydrogen-bond acceptors (Lipinski definition) is 4. The third-order valence-corrected chi connectivity index (χ3v) is 2.76. The number of carboxylic acids is 2. The van der Waals surface area contributed by atoms with E-state index in [4.69, 9.17) is 26.1 Å². The molecule has 0 saturated carbocycles. The van der Waals surface area contributed by atoms with E-state index >= 15 is 0 Å². The summed E-state index contributed by atoms with van der Waals surface area (Å²) in [5.74, 6) is 0.773. The van der Waals surface area contributed by atoms with E-state index in [0.717, 1.165) is 6.07 Å². The van der Waals surface area contributed by atoms with Crippen LogP contribution >= 0.6 is 0 Å². The van der Waals surface area contributed by atoms with Gasteiger partial charge < -0.3 is 19.7 Å². The highest BCUT2D eigenvalue weighted by atomic mass is 16.5. The van der Waals surface area contributed by atoms with Crippen LogP contribution in [0.2, 0.25) is 0 Å². The first-order valence-corrected chi connectivity index (χ1v) is 6.45. The zero-order valence-corrected chi connectivity index (χ0v) is 11.9. The van der Waals surface area contributed by atoms with Gasteiger partial charge >= 0.3 is 11.9 Å². The maximum atomic E-state index is 11.1. The van der Waals surface area contributed by atoms with E-state index in [-0.39, 0.29) is 23.5 Å². The summed E-state index contributed by atoms with van der Waals surface area (Å²) < 4.78 is 10.8. The molecular weight excluding hydrogens is 300 g/mol. The van der Waals surface area contributed by atoms with Crippen LogP contribution in [0.5, 0.6) is 17.2 Å². The monoisotopic (exact) mass is 312 g/mol. The minimum atomic E-state index is -1.25. The van der Waals surface area contributed by atoms with Crippen LogP contribution < -0.4 is 9.47 Å². The van der Waals surface area contributed by atoms with Gasteiger partial charge in [0.05, 0.1) is 11.1 Å². The SMILES string of the molecule is C#CCOc1cccc(Oc2cc(C(=O)O)cc(C(=O)O)c2)c1. The molecule has 0 amide bonds. The molecule has 2 aromatic rings. The lowest BCUT2D eigenvalue weighted by atomic mass is 10.1. The number of carboxylic acid groups (broad SMARTS) is 2. The Balaban J connectivity index is 2.30. The summed E-state index contributed by atoms with van der Waals surface area (Å²) in [6, 6.07) is 10.1. The molecule has 0 aromatic heterocycles. The van der Waals surface area contributed by atoms with E-state index in [1.807, 2.05) is 0 Å². The van der Waals surface area contributed by atoms with Gasteiger partial charge in [-0.1, -0.05) is 12.0 Å². The molecular formula is C17H12O6. The molecule has 0 aliphatic rings. The van der Waals surface area contributed by atoms with Gasteiger partial charge in [-0.3, -0.25) is 0 Å². The van der Waals surface area contributed by atoms with Crippen molar-refractivity contribution in [2.24, 2.45) is 0 Å². The van der Waals surface area contributed by atoms with Crippen LogP contribution in [0.4, 0.5) is 0 Å². The molecule has 0 fully saturated rings. The van der Waals surface area contributed by atoms with Gasteiger partial charge in [0, 0.05) is 6.07 Å². The fourth-order valence-corrected chi connectivity index (χ4v) is 1.79. The van der Waals surface area contributed by atoms with Crippen LogP contribution in [0, 0.1) is 12.3 Å². The predicted octanol–water partition coefficient (Wildman–Crippen LogP) is 2.89. The Morgan fingerprint density at radius 3 is 2.13 bits per heavy atom. The Labute approximate surface area is 131 Å². The van der Waals surface area contributed by atoms with Crippen LogP contribution in [0.1, 0.15) is 20.7 Å². The molecule has 6 nitrogen and oxygen atoms in total. The van der Waals surface area contributed by atoms with Crippen LogP contribution in [-0.4, -0.2) is 28.8 Å². The van der Waals surface area contributed by atoms with Crippen LogP contribution in [-0.2, 0) is 0 Å². The topological polar surface area (TPSA) is 93.1 Å². The Bertz CT molecular complexity index is 756. The lowest BCUT2D eigenvalue weighted by Gasteiger charge is -2.09. The number of rotatable bonds is 6. The van der Waals surface area contributed by atoms with E-state index in [0.29, 0.717) is 11.5 Å². The molecule has 0 spiro atoms. The second kappa shape index (κ2) is 7.00. The van der Waals surface area contributed by atoms with Crippen molar-refractivity contribution in [1.29, 1.82) is 0 Å². The molecule has 0 aliphatic carbocycles.